The molecule has 0 aliphatic carbocycles. The Bertz CT molecular complexity index is 1640. The lowest BCUT2D eigenvalue weighted by Gasteiger charge is -2.33. The van der Waals surface area contributed by atoms with Crippen molar-refractivity contribution in [1.29, 1.82) is 0 Å². The predicted molar refractivity (Wildman–Crippen MR) is 152 cm³/mol. The average molecular weight is 562 g/mol. The Balaban J connectivity index is 1.33. The van der Waals surface area contributed by atoms with Crippen LogP contribution in [0.2, 0.25) is 0 Å². The molecule has 8 nitrogen and oxygen atoms in total. The molecule has 0 unspecified atom stereocenters. The van der Waals surface area contributed by atoms with Gasteiger partial charge in [-0.05, 0) is 61.5 Å². The third-order valence-electron chi connectivity index (χ3n) is 7.06. The lowest BCUT2D eigenvalue weighted by Crippen LogP contribution is -2.44. The van der Waals surface area contributed by atoms with Crippen molar-refractivity contribution in [2.45, 2.75) is 19.6 Å². The number of likely N-dealkylation sites (N-methyl/N-ethyl adjacent to an activating group) is 1. The zero-order valence-corrected chi connectivity index (χ0v) is 23.0. The molecule has 3 heterocycles. The SMILES string of the molecule is CNc1nc2ccc(C#Cc3cc(C(=O)Nc4ccc(CN5CCN(C)CC5)c(C(F)(F)F)c4)ccc3C)cn2n1. The summed E-state index contributed by atoms with van der Waals surface area (Å²) < 4.78 is 43.5. The fourth-order valence-electron chi connectivity index (χ4n) is 4.61. The highest BCUT2D eigenvalue weighted by molar-refractivity contribution is 6.04. The average Bonchev–Trinajstić information content (AvgIpc) is 3.36. The Labute approximate surface area is 236 Å². The van der Waals surface area contributed by atoms with Crippen LogP contribution in [0.4, 0.5) is 24.8 Å². The zero-order valence-electron chi connectivity index (χ0n) is 23.0. The molecule has 1 aliphatic heterocycles. The molecule has 5 rings (SSSR count). The van der Waals surface area contributed by atoms with E-state index in [9.17, 15) is 18.0 Å². The number of nitrogens with one attached hydrogen (secondary N) is 2. The van der Waals surface area contributed by atoms with Crippen LogP contribution in [0, 0.1) is 18.8 Å². The molecule has 2 aromatic heterocycles. The van der Waals surface area contributed by atoms with E-state index in [0.29, 0.717) is 41.4 Å². The Morgan fingerprint density at radius 3 is 2.54 bits per heavy atom. The van der Waals surface area contributed by atoms with E-state index in [1.165, 1.54) is 12.1 Å². The summed E-state index contributed by atoms with van der Waals surface area (Å²) in [6.07, 6.45) is -2.78. The van der Waals surface area contributed by atoms with Crippen LogP contribution in [0.25, 0.3) is 5.65 Å². The molecule has 0 spiro atoms. The highest BCUT2D eigenvalue weighted by Crippen LogP contribution is 2.34. The molecule has 0 saturated carbocycles. The molecule has 0 radical (unpaired) electrons. The molecule has 1 aliphatic rings. The Morgan fingerprint density at radius 2 is 1.80 bits per heavy atom. The number of pyridine rings is 1. The van der Waals surface area contributed by atoms with E-state index in [2.05, 4.69) is 37.5 Å². The van der Waals surface area contributed by atoms with Crippen molar-refractivity contribution in [3.63, 3.8) is 0 Å². The van der Waals surface area contributed by atoms with Crippen molar-refractivity contribution in [1.82, 2.24) is 24.4 Å². The highest BCUT2D eigenvalue weighted by atomic mass is 19.4. The van der Waals surface area contributed by atoms with Gasteiger partial charge in [0.1, 0.15) is 0 Å². The fourth-order valence-corrected chi connectivity index (χ4v) is 4.61. The molecule has 11 heteroatoms. The molecule has 41 heavy (non-hydrogen) atoms. The quantitative estimate of drug-likeness (QED) is 0.350. The van der Waals surface area contributed by atoms with E-state index in [1.54, 1.807) is 42.0 Å². The summed E-state index contributed by atoms with van der Waals surface area (Å²) in [4.78, 5) is 21.5. The first-order chi connectivity index (χ1) is 19.6. The Morgan fingerprint density at radius 1 is 1.02 bits per heavy atom. The number of nitrogens with zero attached hydrogens (tertiary/aromatic N) is 5. The summed E-state index contributed by atoms with van der Waals surface area (Å²) in [5, 5.41) is 9.81. The number of amides is 1. The Hall–Kier alpha value is -4.40. The number of hydrogen-bond donors (Lipinski definition) is 2. The van der Waals surface area contributed by atoms with E-state index in [0.717, 1.165) is 24.7 Å². The minimum absolute atomic E-state index is 0.0831. The van der Waals surface area contributed by atoms with Gasteiger partial charge in [-0.25, -0.2) is 4.52 Å². The van der Waals surface area contributed by atoms with Gasteiger partial charge >= 0.3 is 6.18 Å². The molecule has 2 N–H and O–H groups in total. The minimum atomic E-state index is -4.54. The van der Waals surface area contributed by atoms with Crippen molar-refractivity contribution in [2.24, 2.45) is 0 Å². The second kappa shape index (κ2) is 11.6. The molecule has 212 valence electrons. The number of halogens is 3. The summed E-state index contributed by atoms with van der Waals surface area (Å²) in [7, 11) is 3.74. The largest absolute Gasteiger partial charge is 0.416 e. The van der Waals surface area contributed by atoms with Crippen LogP contribution in [0.15, 0.2) is 54.7 Å². The van der Waals surface area contributed by atoms with Crippen molar-refractivity contribution in [2.75, 3.05) is 50.9 Å². The molecule has 4 aromatic rings. The van der Waals surface area contributed by atoms with Crippen LogP contribution in [0.5, 0.6) is 0 Å². The standard InChI is InChI=1S/C30H30F3N7O/c1-20-4-7-23(16-22(20)8-5-21-6-11-27-36-29(34-2)37-40(27)18-21)28(41)35-25-10-9-24(26(17-25)30(31,32)33)19-39-14-12-38(3)13-15-39/h4,6-7,9-11,16-18H,12-15,19H2,1-3H3,(H,34,37)(H,35,41). The first-order valence-electron chi connectivity index (χ1n) is 13.2. The number of benzene rings is 2. The molecule has 1 amide bonds. The van der Waals surface area contributed by atoms with E-state index in [1.807, 2.05) is 24.9 Å². The maximum atomic E-state index is 14.0. The number of anilines is 2. The van der Waals surface area contributed by atoms with E-state index < -0.39 is 17.6 Å². The number of aromatic nitrogens is 3. The van der Waals surface area contributed by atoms with E-state index in [4.69, 9.17) is 0 Å². The summed E-state index contributed by atoms with van der Waals surface area (Å²) in [5.41, 5.74) is 2.70. The molecule has 0 atom stereocenters. The van der Waals surface area contributed by atoms with Gasteiger partial charge in [-0.2, -0.15) is 18.2 Å². The first kappa shape index (κ1) is 28.1. The summed E-state index contributed by atoms with van der Waals surface area (Å²) in [6, 6.07) is 12.6. The smallest absolute Gasteiger partial charge is 0.356 e. The van der Waals surface area contributed by atoms with E-state index in [-0.39, 0.29) is 17.8 Å². The van der Waals surface area contributed by atoms with Crippen molar-refractivity contribution >= 4 is 23.2 Å². The van der Waals surface area contributed by atoms with Crippen LogP contribution in [-0.4, -0.2) is 70.6 Å². The summed E-state index contributed by atoms with van der Waals surface area (Å²) >= 11 is 0. The van der Waals surface area contributed by atoms with Gasteiger partial charge in [0.05, 0.1) is 5.56 Å². The monoisotopic (exact) mass is 561 g/mol. The number of alkyl halides is 3. The Kier molecular flexibility index (Phi) is 7.97. The maximum absolute atomic E-state index is 14.0. The topological polar surface area (TPSA) is 77.8 Å². The van der Waals surface area contributed by atoms with Crippen LogP contribution in [0.3, 0.4) is 0 Å². The number of rotatable bonds is 5. The summed E-state index contributed by atoms with van der Waals surface area (Å²) in [5.74, 6) is 6.15. The summed E-state index contributed by atoms with van der Waals surface area (Å²) in [6.45, 7) is 5.12. The number of piperazine rings is 1. The van der Waals surface area contributed by atoms with Crippen LogP contribution in [-0.2, 0) is 12.7 Å². The van der Waals surface area contributed by atoms with Crippen molar-refractivity contribution in [3.8, 4) is 11.8 Å². The van der Waals surface area contributed by atoms with E-state index >= 15 is 0 Å². The minimum Gasteiger partial charge on any atom is -0.356 e. The number of carbonyl (C=O) groups is 1. The highest BCUT2D eigenvalue weighted by Gasteiger charge is 2.34. The molecule has 0 bridgehead atoms. The lowest BCUT2D eigenvalue weighted by atomic mass is 10.0. The normalized spacial score (nSPS) is 14.5. The fraction of sp³-hybridized carbons (Fsp3) is 0.300. The zero-order chi connectivity index (χ0) is 29.1. The third-order valence-corrected chi connectivity index (χ3v) is 7.06. The van der Waals surface area contributed by atoms with Gasteiger partial charge in [-0.3, -0.25) is 9.69 Å². The molecular weight excluding hydrogens is 531 g/mol. The molecule has 1 fully saturated rings. The van der Waals surface area contributed by atoms with Crippen molar-refractivity contribution < 1.29 is 18.0 Å². The second-order valence-electron chi connectivity index (χ2n) is 10.1. The second-order valence-corrected chi connectivity index (χ2v) is 10.1. The van der Waals surface area contributed by atoms with Gasteiger partial charge in [0.15, 0.2) is 5.65 Å². The number of hydrogen-bond acceptors (Lipinski definition) is 6. The van der Waals surface area contributed by atoms with Crippen molar-refractivity contribution in [3.05, 3.63) is 88.1 Å². The number of fused-ring (bicyclic) bond motifs is 1. The van der Waals surface area contributed by atoms with Gasteiger partial charge in [-0.1, -0.05) is 24.0 Å². The van der Waals surface area contributed by atoms with Gasteiger partial charge in [-0.15, -0.1) is 5.10 Å². The molecule has 2 aromatic carbocycles. The number of carbonyl (C=O) groups excluding carboxylic acids is 1. The number of aryl methyl sites for hydroxylation is 1. The van der Waals surface area contributed by atoms with Gasteiger partial charge in [0.2, 0.25) is 5.95 Å². The first-order valence-corrected chi connectivity index (χ1v) is 13.2. The molecule has 1 saturated heterocycles. The van der Waals surface area contributed by atoms with Crippen LogP contribution < -0.4 is 10.6 Å². The van der Waals surface area contributed by atoms with Gasteiger partial charge in [0.25, 0.3) is 5.91 Å². The van der Waals surface area contributed by atoms with Crippen LogP contribution >= 0.6 is 0 Å². The lowest BCUT2D eigenvalue weighted by molar-refractivity contribution is -0.138. The predicted octanol–water partition coefficient (Wildman–Crippen LogP) is 4.50. The molecular formula is C30H30F3N7O. The third kappa shape index (κ3) is 6.67. The maximum Gasteiger partial charge on any atom is 0.416 e. The van der Waals surface area contributed by atoms with Crippen LogP contribution in [0.1, 0.15) is 38.2 Å². The van der Waals surface area contributed by atoms with Gasteiger partial charge in [0, 0.05) is 68.3 Å². The van der Waals surface area contributed by atoms with Gasteiger partial charge < -0.3 is 15.5 Å².